The average molecular weight is 428 g/mol. The van der Waals surface area contributed by atoms with Gasteiger partial charge in [-0.25, -0.2) is 0 Å². The fourth-order valence-electron chi connectivity index (χ4n) is 4.96. The van der Waals surface area contributed by atoms with Gasteiger partial charge in [0.15, 0.2) is 0 Å². The first-order valence-corrected chi connectivity index (χ1v) is 11.4. The van der Waals surface area contributed by atoms with Crippen LogP contribution >= 0.6 is 0 Å². The number of hydrogen-bond donors (Lipinski definition) is 0. The summed E-state index contributed by atoms with van der Waals surface area (Å²) in [6.45, 7) is 4.92. The van der Waals surface area contributed by atoms with Crippen molar-refractivity contribution in [2.24, 2.45) is 5.41 Å². The van der Waals surface area contributed by atoms with Gasteiger partial charge in [0, 0.05) is 33.0 Å². The van der Waals surface area contributed by atoms with E-state index in [0.29, 0.717) is 0 Å². The van der Waals surface area contributed by atoms with E-state index in [1.54, 1.807) is 4.90 Å². The Morgan fingerprint density at radius 1 is 0.969 bits per heavy atom. The first kappa shape index (κ1) is 22.2. The van der Waals surface area contributed by atoms with Gasteiger partial charge in [0.1, 0.15) is 0 Å². The molecule has 3 aromatic rings. The largest absolute Gasteiger partial charge is 0.348 e. The third-order valence-electron chi connectivity index (χ3n) is 6.75. The molecule has 1 fully saturated rings. The van der Waals surface area contributed by atoms with Crippen LogP contribution in [0.1, 0.15) is 29.5 Å². The molecule has 0 aliphatic carbocycles. The van der Waals surface area contributed by atoms with Crippen molar-refractivity contribution in [3.8, 4) is 11.1 Å². The van der Waals surface area contributed by atoms with Crippen LogP contribution in [0.3, 0.4) is 0 Å². The van der Waals surface area contributed by atoms with Crippen molar-refractivity contribution in [1.29, 1.82) is 0 Å². The summed E-state index contributed by atoms with van der Waals surface area (Å²) in [5.74, 6) is 0.252. The van der Waals surface area contributed by atoms with Crippen LogP contribution in [-0.2, 0) is 17.8 Å². The number of carbonyl (C=O) groups is 1. The summed E-state index contributed by atoms with van der Waals surface area (Å²) in [5, 5.41) is 0. The van der Waals surface area contributed by atoms with Crippen molar-refractivity contribution in [1.82, 2.24) is 14.8 Å². The van der Waals surface area contributed by atoms with E-state index in [9.17, 15) is 4.79 Å². The topological polar surface area (TPSA) is 36.4 Å². The van der Waals surface area contributed by atoms with Crippen molar-refractivity contribution >= 4 is 5.91 Å². The number of pyridine rings is 1. The van der Waals surface area contributed by atoms with Gasteiger partial charge in [-0.05, 0) is 79.2 Å². The molecule has 0 saturated carbocycles. The first-order valence-electron chi connectivity index (χ1n) is 11.4. The number of carbonyl (C=O) groups excluding carboxylic acids is 1. The summed E-state index contributed by atoms with van der Waals surface area (Å²) in [4.78, 5) is 21.8. The van der Waals surface area contributed by atoms with Crippen molar-refractivity contribution < 1.29 is 4.79 Å². The second-order valence-corrected chi connectivity index (χ2v) is 9.30. The molecular formula is C28H33N3O. The number of amides is 1. The maximum Gasteiger partial charge on any atom is 0.228 e. The molecule has 0 bridgehead atoms. The van der Waals surface area contributed by atoms with E-state index in [1.807, 2.05) is 26.5 Å². The summed E-state index contributed by atoms with van der Waals surface area (Å²) < 4.78 is 0. The molecule has 1 aliphatic rings. The lowest BCUT2D eigenvalue weighted by molar-refractivity contribution is -0.142. The van der Waals surface area contributed by atoms with Crippen LogP contribution in [0, 0.1) is 12.3 Å². The van der Waals surface area contributed by atoms with Gasteiger partial charge in [0.2, 0.25) is 5.91 Å². The molecule has 1 aliphatic heterocycles. The van der Waals surface area contributed by atoms with Crippen molar-refractivity contribution in [2.45, 2.75) is 32.7 Å². The summed E-state index contributed by atoms with van der Waals surface area (Å²) in [6, 6.07) is 21.4. The lowest BCUT2D eigenvalue weighted by atomic mass is 9.72. The molecule has 0 unspecified atom stereocenters. The highest BCUT2D eigenvalue weighted by Gasteiger charge is 2.42. The van der Waals surface area contributed by atoms with E-state index >= 15 is 0 Å². The third kappa shape index (κ3) is 4.91. The highest BCUT2D eigenvalue weighted by atomic mass is 16.2. The average Bonchev–Trinajstić information content (AvgIpc) is 2.81. The Morgan fingerprint density at radius 3 is 2.38 bits per heavy atom. The Hall–Kier alpha value is -2.98. The molecule has 4 heteroatoms. The molecule has 0 radical (unpaired) electrons. The predicted molar refractivity (Wildman–Crippen MR) is 130 cm³/mol. The standard InChI is InChI=1S/C28H33N3O/c1-22-7-4-5-10-26(22)25-9-6-8-24(19-25)20-28(27(32)30(2)3)13-17-31(18-14-28)21-23-11-15-29-16-12-23/h4-12,15-16,19H,13-14,17-18,20-21H2,1-3H3. The number of rotatable bonds is 6. The van der Waals surface area contributed by atoms with Gasteiger partial charge >= 0.3 is 0 Å². The number of aromatic nitrogens is 1. The molecule has 0 atom stereocenters. The van der Waals surface area contributed by atoms with Gasteiger partial charge in [0.25, 0.3) is 0 Å². The molecule has 166 valence electrons. The van der Waals surface area contributed by atoms with Crippen LogP contribution in [0.25, 0.3) is 11.1 Å². The van der Waals surface area contributed by atoms with Crippen LogP contribution in [0.15, 0.2) is 73.1 Å². The van der Waals surface area contributed by atoms with Crippen LogP contribution < -0.4 is 0 Å². The molecule has 32 heavy (non-hydrogen) atoms. The molecule has 4 rings (SSSR count). The number of benzene rings is 2. The van der Waals surface area contributed by atoms with Gasteiger partial charge in [-0.15, -0.1) is 0 Å². The quantitative estimate of drug-likeness (QED) is 0.557. The molecule has 1 aromatic heterocycles. The van der Waals surface area contributed by atoms with E-state index in [0.717, 1.165) is 38.9 Å². The number of likely N-dealkylation sites (tertiary alicyclic amines) is 1. The van der Waals surface area contributed by atoms with E-state index in [1.165, 1.54) is 27.8 Å². The number of piperidine rings is 1. The Bertz CT molecular complexity index is 1050. The van der Waals surface area contributed by atoms with Crippen molar-refractivity contribution in [2.75, 3.05) is 27.2 Å². The smallest absolute Gasteiger partial charge is 0.228 e. The molecule has 0 N–H and O–H groups in total. The molecule has 1 saturated heterocycles. The number of aryl methyl sites for hydroxylation is 1. The Kier molecular flexibility index (Phi) is 6.71. The molecule has 1 amide bonds. The van der Waals surface area contributed by atoms with Crippen LogP contribution in [0.5, 0.6) is 0 Å². The van der Waals surface area contributed by atoms with E-state index in [4.69, 9.17) is 0 Å². The fraction of sp³-hybridized carbons (Fsp3) is 0.357. The highest BCUT2D eigenvalue weighted by Crippen LogP contribution is 2.38. The SMILES string of the molecule is Cc1ccccc1-c1cccc(CC2(C(=O)N(C)C)CCN(Cc3ccncc3)CC2)c1. The summed E-state index contributed by atoms with van der Waals surface area (Å²) in [6.07, 6.45) is 6.24. The van der Waals surface area contributed by atoms with Crippen LogP contribution in [0.2, 0.25) is 0 Å². The van der Waals surface area contributed by atoms with E-state index < -0.39 is 0 Å². The monoisotopic (exact) mass is 427 g/mol. The summed E-state index contributed by atoms with van der Waals surface area (Å²) >= 11 is 0. The number of nitrogens with zero attached hydrogens (tertiary/aromatic N) is 3. The predicted octanol–water partition coefficient (Wildman–Crippen LogP) is 4.97. The fourth-order valence-corrected chi connectivity index (χ4v) is 4.96. The second-order valence-electron chi connectivity index (χ2n) is 9.30. The minimum atomic E-state index is -0.345. The Balaban J connectivity index is 1.54. The molecule has 0 spiro atoms. The number of hydrogen-bond acceptors (Lipinski definition) is 3. The lowest BCUT2D eigenvalue weighted by Gasteiger charge is -2.42. The Morgan fingerprint density at radius 2 is 1.69 bits per heavy atom. The van der Waals surface area contributed by atoms with Crippen LogP contribution in [0.4, 0.5) is 0 Å². The zero-order valence-electron chi connectivity index (χ0n) is 19.4. The second kappa shape index (κ2) is 9.66. The molecular weight excluding hydrogens is 394 g/mol. The van der Waals surface area contributed by atoms with Gasteiger partial charge in [-0.3, -0.25) is 14.7 Å². The van der Waals surface area contributed by atoms with Gasteiger partial charge in [0.05, 0.1) is 5.41 Å². The van der Waals surface area contributed by atoms with Gasteiger partial charge < -0.3 is 4.90 Å². The third-order valence-corrected chi connectivity index (χ3v) is 6.75. The summed E-state index contributed by atoms with van der Waals surface area (Å²) in [5.41, 5.74) is 5.93. The highest BCUT2D eigenvalue weighted by molar-refractivity contribution is 5.83. The molecule has 4 nitrogen and oxygen atoms in total. The van der Waals surface area contributed by atoms with E-state index in [2.05, 4.69) is 77.5 Å². The minimum absolute atomic E-state index is 0.252. The van der Waals surface area contributed by atoms with Gasteiger partial charge in [-0.2, -0.15) is 0 Å². The zero-order chi connectivity index (χ0) is 22.6. The minimum Gasteiger partial charge on any atom is -0.348 e. The normalized spacial score (nSPS) is 16.0. The van der Waals surface area contributed by atoms with Crippen LogP contribution in [-0.4, -0.2) is 47.9 Å². The Labute approximate surface area is 191 Å². The van der Waals surface area contributed by atoms with Crippen molar-refractivity contribution in [3.05, 3.63) is 89.7 Å². The maximum atomic E-state index is 13.4. The zero-order valence-corrected chi connectivity index (χ0v) is 19.4. The first-order chi connectivity index (χ1) is 15.5. The maximum absolute atomic E-state index is 13.4. The molecule has 2 heterocycles. The molecule has 2 aromatic carbocycles. The van der Waals surface area contributed by atoms with Gasteiger partial charge in [-0.1, -0.05) is 48.5 Å². The van der Waals surface area contributed by atoms with Crippen molar-refractivity contribution in [3.63, 3.8) is 0 Å². The lowest BCUT2D eigenvalue weighted by Crippen LogP contribution is -2.49. The summed E-state index contributed by atoms with van der Waals surface area (Å²) in [7, 11) is 3.77. The van der Waals surface area contributed by atoms with E-state index in [-0.39, 0.29) is 11.3 Å².